The number of likely N-dealkylation sites (tertiary alicyclic amines) is 1. The van der Waals surface area contributed by atoms with E-state index in [1.54, 1.807) is 55.8 Å². The van der Waals surface area contributed by atoms with Crippen molar-refractivity contribution in [1.29, 1.82) is 0 Å². The number of pyridine rings is 1. The van der Waals surface area contributed by atoms with Gasteiger partial charge in [-0.1, -0.05) is 6.07 Å². The summed E-state index contributed by atoms with van der Waals surface area (Å²) in [6, 6.07) is 11.2. The lowest BCUT2D eigenvalue weighted by Gasteiger charge is -2.25. The molecule has 1 aliphatic rings. The fourth-order valence-electron chi connectivity index (χ4n) is 3.17. The highest BCUT2D eigenvalue weighted by Gasteiger charge is 2.46. The molecule has 1 amide bonds. The number of amides is 1. The van der Waals surface area contributed by atoms with Crippen LogP contribution in [0.25, 0.3) is 5.76 Å². The molecule has 1 atom stereocenters. The first kappa shape index (κ1) is 19.6. The molecular formula is C21H23N3O4. The number of nitrogens with zero attached hydrogens (tertiary/aromatic N) is 3. The maximum absolute atomic E-state index is 12.8. The van der Waals surface area contributed by atoms with E-state index in [1.807, 2.05) is 19.0 Å². The summed E-state index contributed by atoms with van der Waals surface area (Å²) >= 11 is 0. The number of aliphatic hydroxyl groups excluding tert-OH is 1. The zero-order valence-electron chi connectivity index (χ0n) is 16.1. The molecule has 1 aromatic heterocycles. The summed E-state index contributed by atoms with van der Waals surface area (Å²) in [4.78, 5) is 33.3. The van der Waals surface area contributed by atoms with E-state index in [0.717, 1.165) is 0 Å². The molecule has 1 fully saturated rings. The molecule has 1 N–H and O–H groups in total. The van der Waals surface area contributed by atoms with Crippen LogP contribution in [-0.2, 0) is 9.59 Å². The average molecular weight is 381 g/mol. The maximum Gasteiger partial charge on any atom is 0.295 e. The van der Waals surface area contributed by atoms with Gasteiger partial charge in [0.05, 0.1) is 18.4 Å². The number of ketones is 1. The lowest BCUT2D eigenvalue weighted by atomic mass is 9.98. The minimum absolute atomic E-state index is 0.0487. The van der Waals surface area contributed by atoms with Crippen molar-refractivity contribution in [2.24, 2.45) is 0 Å². The first-order valence-electron chi connectivity index (χ1n) is 8.92. The van der Waals surface area contributed by atoms with Gasteiger partial charge in [-0.25, -0.2) is 0 Å². The summed E-state index contributed by atoms with van der Waals surface area (Å²) in [5.41, 5.74) is 1.02. The molecule has 28 heavy (non-hydrogen) atoms. The van der Waals surface area contributed by atoms with Crippen molar-refractivity contribution in [3.8, 4) is 5.75 Å². The summed E-state index contributed by atoms with van der Waals surface area (Å²) in [5, 5.41) is 10.9. The monoisotopic (exact) mass is 381 g/mol. The summed E-state index contributed by atoms with van der Waals surface area (Å²) in [6.45, 7) is 0.928. The number of likely N-dealkylation sites (N-methyl/N-ethyl adjacent to an activating group) is 1. The maximum atomic E-state index is 12.8. The number of aliphatic hydroxyl groups is 1. The molecule has 3 rings (SSSR count). The highest BCUT2D eigenvalue weighted by Crippen LogP contribution is 2.38. The Morgan fingerprint density at radius 2 is 1.89 bits per heavy atom. The van der Waals surface area contributed by atoms with Gasteiger partial charge in [-0.2, -0.15) is 0 Å². The Hall–Kier alpha value is -3.19. The van der Waals surface area contributed by atoms with Crippen molar-refractivity contribution in [2.75, 3.05) is 34.3 Å². The molecule has 1 aromatic carbocycles. The molecule has 0 aliphatic carbocycles. The second kappa shape index (κ2) is 8.22. The zero-order chi connectivity index (χ0) is 20.3. The van der Waals surface area contributed by atoms with Crippen molar-refractivity contribution in [3.63, 3.8) is 0 Å². The molecule has 0 saturated carbocycles. The predicted molar refractivity (Wildman–Crippen MR) is 105 cm³/mol. The van der Waals surface area contributed by atoms with Gasteiger partial charge in [0, 0.05) is 24.8 Å². The quantitative estimate of drug-likeness (QED) is 0.469. The van der Waals surface area contributed by atoms with E-state index in [-0.39, 0.29) is 11.3 Å². The van der Waals surface area contributed by atoms with Crippen molar-refractivity contribution >= 4 is 17.4 Å². The Labute approximate surface area is 163 Å². The van der Waals surface area contributed by atoms with E-state index in [0.29, 0.717) is 30.1 Å². The van der Waals surface area contributed by atoms with Crippen molar-refractivity contribution in [2.45, 2.75) is 6.04 Å². The molecular weight excluding hydrogens is 358 g/mol. The topological polar surface area (TPSA) is 83.0 Å². The number of carbonyl (C=O) groups excluding carboxylic acids is 2. The average Bonchev–Trinajstić information content (AvgIpc) is 2.97. The number of rotatable bonds is 6. The molecule has 7 nitrogen and oxygen atoms in total. The number of carbonyl (C=O) groups is 2. The van der Waals surface area contributed by atoms with Gasteiger partial charge in [-0.05, 0) is 50.5 Å². The van der Waals surface area contributed by atoms with E-state index >= 15 is 0 Å². The van der Waals surface area contributed by atoms with Crippen molar-refractivity contribution < 1.29 is 19.4 Å². The number of benzene rings is 1. The van der Waals surface area contributed by atoms with Crippen molar-refractivity contribution in [3.05, 3.63) is 65.5 Å². The third-order valence-electron chi connectivity index (χ3n) is 4.66. The number of methoxy groups -OCH3 is 1. The summed E-state index contributed by atoms with van der Waals surface area (Å²) < 4.78 is 5.13. The summed E-state index contributed by atoms with van der Waals surface area (Å²) in [5.74, 6) is -0.927. The molecule has 1 aliphatic heterocycles. The van der Waals surface area contributed by atoms with Gasteiger partial charge >= 0.3 is 0 Å². The fraction of sp³-hybridized carbons (Fsp3) is 0.286. The van der Waals surface area contributed by atoms with Crippen LogP contribution in [0.2, 0.25) is 0 Å². The number of hydrogen-bond acceptors (Lipinski definition) is 6. The molecule has 1 saturated heterocycles. The predicted octanol–water partition coefficient (Wildman–Crippen LogP) is 2.07. The van der Waals surface area contributed by atoms with Crippen LogP contribution in [0, 0.1) is 0 Å². The third kappa shape index (κ3) is 3.75. The zero-order valence-corrected chi connectivity index (χ0v) is 16.1. The van der Waals surface area contributed by atoms with E-state index < -0.39 is 17.7 Å². The number of ether oxygens (including phenoxy) is 1. The standard InChI is InChI=1S/C21H23N3O4/c1-23(2)12-13-24-18(16-6-4-5-11-22-16)17(20(26)21(24)27)19(25)14-7-9-15(28-3)10-8-14/h4-11,18,25H,12-13H2,1-3H3/b19-17+. The van der Waals surface area contributed by atoms with E-state index in [1.165, 1.54) is 4.90 Å². The van der Waals surface area contributed by atoms with E-state index in [2.05, 4.69) is 4.98 Å². The number of Topliss-reactive ketones (excluding diaryl/α,β-unsaturated/α-hetero) is 1. The molecule has 0 spiro atoms. The normalized spacial score (nSPS) is 18.7. The van der Waals surface area contributed by atoms with Crippen LogP contribution in [-0.4, -0.2) is 65.9 Å². The Morgan fingerprint density at radius 3 is 2.46 bits per heavy atom. The molecule has 1 unspecified atom stereocenters. The van der Waals surface area contributed by atoms with Crippen LogP contribution in [0.1, 0.15) is 17.3 Å². The van der Waals surface area contributed by atoms with Crippen LogP contribution < -0.4 is 4.74 Å². The second-order valence-corrected chi connectivity index (χ2v) is 6.78. The van der Waals surface area contributed by atoms with Gasteiger partial charge < -0.3 is 19.6 Å². The van der Waals surface area contributed by atoms with Gasteiger partial charge in [0.1, 0.15) is 17.6 Å². The number of aromatic nitrogens is 1. The van der Waals surface area contributed by atoms with Gasteiger partial charge in [0.25, 0.3) is 11.7 Å². The molecule has 2 aromatic rings. The van der Waals surface area contributed by atoms with Gasteiger partial charge in [-0.3, -0.25) is 14.6 Å². The van der Waals surface area contributed by atoms with E-state index in [4.69, 9.17) is 4.74 Å². The van der Waals surface area contributed by atoms with Crippen molar-refractivity contribution in [1.82, 2.24) is 14.8 Å². The largest absolute Gasteiger partial charge is 0.507 e. The molecule has 0 radical (unpaired) electrons. The SMILES string of the molecule is COc1ccc(/C(O)=C2\C(=O)C(=O)N(CCN(C)C)C2c2ccccn2)cc1. The molecule has 2 heterocycles. The third-order valence-corrected chi connectivity index (χ3v) is 4.66. The van der Waals surface area contributed by atoms with Crippen LogP contribution >= 0.6 is 0 Å². The van der Waals surface area contributed by atoms with Crippen LogP contribution in [0.5, 0.6) is 5.75 Å². The van der Waals surface area contributed by atoms with Crippen LogP contribution in [0.15, 0.2) is 54.2 Å². The fourth-order valence-corrected chi connectivity index (χ4v) is 3.17. The van der Waals surface area contributed by atoms with E-state index in [9.17, 15) is 14.7 Å². The van der Waals surface area contributed by atoms with Gasteiger partial charge in [0.15, 0.2) is 0 Å². The minimum Gasteiger partial charge on any atom is -0.507 e. The highest BCUT2D eigenvalue weighted by molar-refractivity contribution is 6.46. The first-order valence-corrected chi connectivity index (χ1v) is 8.92. The smallest absolute Gasteiger partial charge is 0.295 e. The highest BCUT2D eigenvalue weighted by atomic mass is 16.5. The molecule has 146 valence electrons. The number of hydrogen-bond donors (Lipinski definition) is 1. The Balaban J connectivity index is 2.10. The Morgan fingerprint density at radius 1 is 1.18 bits per heavy atom. The van der Waals surface area contributed by atoms with Gasteiger partial charge in [0.2, 0.25) is 0 Å². The Bertz CT molecular complexity index is 892. The van der Waals surface area contributed by atoms with Crippen LogP contribution in [0.3, 0.4) is 0 Å². The lowest BCUT2D eigenvalue weighted by molar-refractivity contribution is -0.140. The molecule has 7 heteroatoms. The van der Waals surface area contributed by atoms with Gasteiger partial charge in [-0.15, -0.1) is 0 Å². The summed E-state index contributed by atoms with van der Waals surface area (Å²) in [7, 11) is 5.33. The Kier molecular flexibility index (Phi) is 5.75. The minimum atomic E-state index is -0.733. The van der Waals surface area contributed by atoms with Crippen LogP contribution in [0.4, 0.5) is 0 Å². The second-order valence-electron chi connectivity index (χ2n) is 6.78. The molecule has 0 bridgehead atoms. The lowest BCUT2D eigenvalue weighted by Crippen LogP contribution is -2.35. The summed E-state index contributed by atoms with van der Waals surface area (Å²) in [6.07, 6.45) is 1.61. The first-order chi connectivity index (χ1) is 13.4.